The highest BCUT2D eigenvalue weighted by atomic mass is 16.5. The van der Waals surface area contributed by atoms with Crippen LogP contribution in [0, 0.1) is 6.92 Å². The van der Waals surface area contributed by atoms with Crippen LogP contribution in [-0.2, 0) is 4.79 Å². The molecule has 1 aliphatic heterocycles. The number of rotatable bonds is 7. The average molecular weight is 369 g/mol. The number of hydrogen-bond acceptors (Lipinski definition) is 3. The number of nitrogens with zero attached hydrogens (tertiary/aromatic N) is 1. The second-order valence-electron chi connectivity index (χ2n) is 7.03. The maximum atomic E-state index is 12.2. The molecule has 5 heteroatoms. The Kier molecular flexibility index (Phi) is 6.71. The van der Waals surface area contributed by atoms with Crippen molar-refractivity contribution in [3.8, 4) is 5.75 Å². The van der Waals surface area contributed by atoms with E-state index in [0.29, 0.717) is 13.0 Å². The van der Waals surface area contributed by atoms with Crippen LogP contribution in [0.25, 0.3) is 0 Å². The van der Waals surface area contributed by atoms with Gasteiger partial charge in [-0.3, -0.25) is 4.79 Å². The molecule has 2 aromatic rings. The first-order valence-corrected chi connectivity index (χ1v) is 9.82. The van der Waals surface area contributed by atoms with Gasteiger partial charge in [-0.2, -0.15) is 0 Å². The predicted octanol–water partition coefficient (Wildman–Crippen LogP) is 2.13. The number of aryl methyl sites for hydroxylation is 1. The van der Waals surface area contributed by atoms with Gasteiger partial charge < -0.3 is 19.9 Å². The topological polar surface area (TPSA) is 46.0 Å². The summed E-state index contributed by atoms with van der Waals surface area (Å²) in [6.45, 7) is 9.88. The molecule has 144 valence electrons. The SMILES string of the molecule is CCOc1ccc(NC(=O)CC[NH+]2CCN(c3ccccc3C)CC2)cc1. The molecule has 27 heavy (non-hydrogen) atoms. The fourth-order valence-electron chi connectivity index (χ4n) is 3.55. The number of nitrogens with one attached hydrogen (secondary N) is 2. The molecule has 0 spiro atoms. The van der Waals surface area contributed by atoms with Crippen molar-refractivity contribution in [2.24, 2.45) is 0 Å². The maximum absolute atomic E-state index is 12.2. The van der Waals surface area contributed by atoms with Gasteiger partial charge in [-0.1, -0.05) is 18.2 Å². The Morgan fingerprint density at radius 3 is 2.48 bits per heavy atom. The minimum atomic E-state index is 0.0768. The van der Waals surface area contributed by atoms with Crippen LogP contribution in [0.1, 0.15) is 18.9 Å². The highest BCUT2D eigenvalue weighted by molar-refractivity contribution is 5.90. The lowest BCUT2D eigenvalue weighted by Crippen LogP contribution is -3.15. The number of piperazine rings is 1. The minimum Gasteiger partial charge on any atom is -0.494 e. The number of carbonyl (C=O) groups is 1. The van der Waals surface area contributed by atoms with Crippen LogP contribution in [0.5, 0.6) is 5.75 Å². The number of amides is 1. The number of para-hydroxylation sites is 1. The summed E-state index contributed by atoms with van der Waals surface area (Å²) in [4.78, 5) is 16.2. The Morgan fingerprint density at radius 1 is 1.11 bits per heavy atom. The third-order valence-electron chi connectivity index (χ3n) is 5.08. The molecular formula is C22H30N3O2+. The molecule has 0 aromatic heterocycles. The first kappa shape index (κ1) is 19.2. The summed E-state index contributed by atoms with van der Waals surface area (Å²) >= 11 is 0. The van der Waals surface area contributed by atoms with Crippen molar-refractivity contribution in [1.82, 2.24) is 0 Å². The Labute approximate surface area is 161 Å². The lowest BCUT2D eigenvalue weighted by atomic mass is 10.1. The first-order valence-electron chi connectivity index (χ1n) is 9.82. The van der Waals surface area contributed by atoms with E-state index in [4.69, 9.17) is 4.74 Å². The van der Waals surface area contributed by atoms with Crippen molar-refractivity contribution in [2.75, 3.05) is 49.5 Å². The Hall–Kier alpha value is -2.53. The van der Waals surface area contributed by atoms with Crippen LogP contribution < -0.4 is 19.9 Å². The van der Waals surface area contributed by atoms with Gasteiger partial charge in [-0.05, 0) is 49.7 Å². The van der Waals surface area contributed by atoms with Gasteiger partial charge in [-0.15, -0.1) is 0 Å². The summed E-state index contributed by atoms with van der Waals surface area (Å²) < 4.78 is 5.42. The molecule has 1 fully saturated rings. The van der Waals surface area contributed by atoms with Crippen molar-refractivity contribution in [1.29, 1.82) is 0 Å². The van der Waals surface area contributed by atoms with Crippen molar-refractivity contribution in [3.63, 3.8) is 0 Å². The molecule has 1 saturated heterocycles. The van der Waals surface area contributed by atoms with Crippen LogP contribution in [0.4, 0.5) is 11.4 Å². The molecule has 1 amide bonds. The minimum absolute atomic E-state index is 0.0768. The summed E-state index contributed by atoms with van der Waals surface area (Å²) in [6, 6.07) is 16.1. The van der Waals surface area contributed by atoms with Crippen LogP contribution in [0.3, 0.4) is 0 Å². The lowest BCUT2D eigenvalue weighted by Gasteiger charge is -2.34. The Balaban J connectivity index is 1.40. The molecule has 0 saturated carbocycles. The standard InChI is InChI=1S/C22H29N3O2/c1-3-27-20-10-8-19(9-11-20)23-22(26)12-13-24-14-16-25(17-15-24)21-7-5-4-6-18(21)2/h4-11H,3,12-17H2,1-2H3,(H,23,26)/p+1. The summed E-state index contributed by atoms with van der Waals surface area (Å²) in [5.74, 6) is 0.902. The molecule has 0 atom stereocenters. The molecule has 0 unspecified atom stereocenters. The summed E-state index contributed by atoms with van der Waals surface area (Å²) in [6.07, 6.45) is 0.549. The smallest absolute Gasteiger partial charge is 0.230 e. The zero-order valence-corrected chi connectivity index (χ0v) is 16.3. The van der Waals surface area contributed by atoms with E-state index in [1.165, 1.54) is 16.2 Å². The Morgan fingerprint density at radius 2 is 1.81 bits per heavy atom. The van der Waals surface area contributed by atoms with Gasteiger partial charge in [0.2, 0.25) is 5.91 Å². The fourth-order valence-corrected chi connectivity index (χ4v) is 3.55. The van der Waals surface area contributed by atoms with Crippen LogP contribution >= 0.6 is 0 Å². The van der Waals surface area contributed by atoms with Crippen molar-refractivity contribution in [2.45, 2.75) is 20.3 Å². The first-order chi connectivity index (χ1) is 13.2. The highest BCUT2D eigenvalue weighted by Gasteiger charge is 2.21. The van der Waals surface area contributed by atoms with Gasteiger partial charge in [0.05, 0.1) is 45.8 Å². The molecule has 0 radical (unpaired) electrons. The second-order valence-corrected chi connectivity index (χ2v) is 7.03. The molecule has 1 aliphatic rings. The van der Waals surface area contributed by atoms with E-state index >= 15 is 0 Å². The number of hydrogen-bond donors (Lipinski definition) is 2. The monoisotopic (exact) mass is 368 g/mol. The summed E-state index contributed by atoms with van der Waals surface area (Å²) in [7, 11) is 0. The number of benzene rings is 2. The molecule has 3 rings (SSSR count). The zero-order chi connectivity index (χ0) is 19.1. The van der Waals surface area contributed by atoms with E-state index in [-0.39, 0.29) is 5.91 Å². The van der Waals surface area contributed by atoms with Crippen LogP contribution in [-0.4, -0.2) is 45.2 Å². The fraction of sp³-hybridized carbons (Fsp3) is 0.409. The number of carbonyl (C=O) groups excluding carboxylic acids is 1. The largest absolute Gasteiger partial charge is 0.494 e. The zero-order valence-electron chi connectivity index (χ0n) is 16.3. The van der Waals surface area contributed by atoms with Crippen LogP contribution in [0.2, 0.25) is 0 Å². The average Bonchev–Trinajstić information content (AvgIpc) is 2.69. The Bertz CT molecular complexity index is 737. The predicted molar refractivity (Wildman–Crippen MR) is 110 cm³/mol. The third-order valence-corrected chi connectivity index (χ3v) is 5.08. The van der Waals surface area contributed by atoms with Gasteiger partial charge in [-0.25, -0.2) is 0 Å². The molecule has 2 aromatic carbocycles. The van der Waals surface area contributed by atoms with Crippen LogP contribution in [0.15, 0.2) is 48.5 Å². The quantitative estimate of drug-likeness (QED) is 0.787. The van der Waals surface area contributed by atoms with E-state index in [9.17, 15) is 4.79 Å². The van der Waals surface area contributed by atoms with Crippen molar-refractivity contribution >= 4 is 17.3 Å². The third kappa shape index (κ3) is 5.47. The molecular weight excluding hydrogens is 338 g/mol. The molecule has 0 bridgehead atoms. The summed E-state index contributed by atoms with van der Waals surface area (Å²) in [5.41, 5.74) is 3.49. The maximum Gasteiger partial charge on any atom is 0.230 e. The summed E-state index contributed by atoms with van der Waals surface area (Å²) in [5, 5.41) is 2.97. The lowest BCUT2D eigenvalue weighted by molar-refractivity contribution is -0.900. The second kappa shape index (κ2) is 9.42. The molecule has 1 heterocycles. The molecule has 5 nitrogen and oxygen atoms in total. The molecule has 0 aliphatic carbocycles. The van der Waals surface area contributed by atoms with E-state index in [1.807, 2.05) is 31.2 Å². The number of quaternary nitrogens is 1. The number of anilines is 2. The number of ether oxygens (including phenoxy) is 1. The van der Waals surface area contributed by atoms with Crippen molar-refractivity contribution < 1.29 is 14.4 Å². The van der Waals surface area contributed by atoms with Gasteiger partial charge in [0.15, 0.2) is 0 Å². The van der Waals surface area contributed by atoms with E-state index in [1.54, 1.807) is 0 Å². The van der Waals surface area contributed by atoms with E-state index in [2.05, 4.69) is 41.4 Å². The highest BCUT2D eigenvalue weighted by Crippen LogP contribution is 2.19. The van der Waals surface area contributed by atoms with Gasteiger partial charge in [0.1, 0.15) is 5.75 Å². The van der Waals surface area contributed by atoms with Gasteiger partial charge in [0, 0.05) is 11.4 Å². The normalized spacial score (nSPS) is 14.8. The van der Waals surface area contributed by atoms with E-state index < -0.39 is 0 Å². The molecule has 2 N–H and O–H groups in total. The van der Waals surface area contributed by atoms with Gasteiger partial charge >= 0.3 is 0 Å². The van der Waals surface area contributed by atoms with E-state index in [0.717, 1.165) is 44.2 Å². The van der Waals surface area contributed by atoms with Crippen molar-refractivity contribution in [3.05, 3.63) is 54.1 Å². The van der Waals surface area contributed by atoms with Gasteiger partial charge in [0.25, 0.3) is 0 Å².